The molecule has 4 rings (SSSR count). The van der Waals surface area contributed by atoms with Crippen LogP contribution >= 0.6 is 11.8 Å². The van der Waals surface area contributed by atoms with Crippen molar-refractivity contribution < 1.29 is 23.3 Å². The molecule has 0 unspecified atom stereocenters. The molecule has 0 aliphatic heterocycles. The van der Waals surface area contributed by atoms with Gasteiger partial charge in [-0.15, -0.1) is 11.8 Å². The van der Waals surface area contributed by atoms with E-state index in [0.717, 1.165) is 27.9 Å². The van der Waals surface area contributed by atoms with E-state index in [1.807, 2.05) is 35.0 Å². The number of nitro groups is 1. The summed E-state index contributed by atoms with van der Waals surface area (Å²) in [5, 5.41) is 16.9. The quantitative estimate of drug-likeness (QED) is 0.188. The molecule has 0 fully saturated rings. The number of nitro benzene ring substituents is 1. The van der Waals surface area contributed by atoms with Gasteiger partial charge < -0.3 is 15.2 Å². The molecule has 184 valence electrons. The number of hydrogen-bond acceptors (Lipinski definition) is 5. The zero-order valence-electron chi connectivity index (χ0n) is 18.7. The highest BCUT2D eigenvalue weighted by Crippen LogP contribution is 2.30. The number of para-hydroxylation sites is 1. The molecule has 0 atom stereocenters. The molecular formula is C25H20F2N4O4S. The van der Waals surface area contributed by atoms with Gasteiger partial charge in [0.25, 0.3) is 11.6 Å². The van der Waals surface area contributed by atoms with Crippen LogP contribution in [-0.2, 0) is 11.3 Å². The zero-order valence-corrected chi connectivity index (χ0v) is 19.6. The van der Waals surface area contributed by atoms with Crippen LogP contribution in [0.2, 0.25) is 0 Å². The lowest BCUT2D eigenvalue weighted by atomic mass is 10.2. The van der Waals surface area contributed by atoms with Crippen molar-refractivity contribution in [3.8, 4) is 0 Å². The monoisotopic (exact) mass is 510 g/mol. The Kier molecular flexibility index (Phi) is 7.59. The van der Waals surface area contributed by atoms with E-state index in [4.69, 9.17) is 0 Å². The van der Waals surface area contributed by atoms with Gasteiger partial charge in [0, 0.05) is 52.9 Å². The number of carbonyl (C=O) groups is 2. The van der Waals surface area contributed by atoms with Gasteiger partial charge >= 0.3 is 0 Å². The van der Waals surface area contributed by atoms with Gasteiger partial charge in [-0.2, -0.15) is 0 Å². The number of halogens is 2. The lowest BCUT2D eigenvalue weighted by Crippen LogP contribution is -2.28. The standard InChI is InChI=1S/C25H20F2N4O4S/c26-19-5-3-6-20(27)24(19)25(33)28-12-13-30-14-22(18-4-1-2-7-21(18)30)36-15-23(32)29-16-8-10-17(11-9-16)31(34)35/h1-11,14H,12-13,15H2,(H,28,33)(H,29,32). The highest BCUT2D eigenvalue weighted by molar-refractivity contribution is 8.00. The maximum absolute atomic E-state index is 13.8. The Labute approximate surface area is 208 Å². The Bertz CT molecular complexity index is 1420. The zero-order chi connectivity index (χ0) is 25.7. The van der Waals surface area contributed by atoms with Crippen LogP contribution in [0.15, 0.2) is 77.8 Å². The van der Waals surface area contributed by atoms with Crippen molar-refractivity contribution >= 4 is 45.9 Å². The van der Waals surface area contributed by atoms with E-state index in [1.54, 1.807) is 0 Å². The Morgan fingerprint density at radius 1 is 0.972 bits per heavy atom. The third-order valence-electron chi connectivity index (χ3n) is 5.30. The first-order valence-electron chi connectivity index (χ1n) is 10.8. The minimum Gasteiger partial charge on any atom is -0.350 e. The number of anilines is 1. The number of thioether (sulfide) groups is 1. The number of fused-ring (bicyclic) bond motifs is 1. The molecule has 3 aromatic carbocycles. The maximum atomic E-state index is 13.8. The molecule has 11 heteroatoms. The van der Waals surface area contributed by atoms with E-state index in [-0.39, 0.29) is 23.9 Å². The molecule has 1 aromatic heterocycles. The number of benzene rings is 3. The van der Waals surface area contributed by atoms with Crippen molar-refractivity contribution in [2.75, 3.05) is 17.6 Å². The first-order chi connectivity index (χ1) is 17.3. The average molecular weight is 511 g/mol. The molecule has 4 aromatic rings. The van der Waals surface area contributed by atoms with Crippen LogP contribution in [0, 0.1) is 21.7 Å². The lowest BCUT2D eigenvalue weighted by Gasteiger charge is -2.09. The van der Waals surface area contributed by atoms with Crippen LogP contribution in [0.5, 0.6) is 0 Å². The summed E-state index contributed by atoms with van der Waals surface area (Å²) in [5.41, 5.74) is 0.647. The second-order valence-electron chi connectivity index (χ2n) is 7.70. The second-order valence-corrected chi connectivity index (χ2v) is 8.71. The van der Waals surface area contributed by atoms with E-state index in [9.17, 15) is 28.5 Å². The summed E-state index contributed by atoms with van der Waals surface area (Å²) in [6, 6.07) is 16.4. The molecule has 36 heavy (non-hydrogen) atoms. The van der Waals surface area contributed by atoms with Gasteiger partial charge in [-0.05, 0) is 30.3 Å². The molecule has 1 heterocycles. The Morgan fingerprint density at radius 3 is 2.36 bits per heavy atom. The predicted molar refractivity (Wildman–Crippen MR) is 133 cm³/mol. The minimum atomic E-state index is -0.926. The fourth-order valence-electron chi connectivity index (χ4n) is 3.61. The van der Waals surface area contributed by atoms with Crippen molar-refractivity contribution in [3.05, 3.63) is 100 Å². The fourth-order valence-corrected chi connectivity index (χ4v) is 4.50. The summed E-state index contributed by atoms with van der Waals surface area (Å²) in [4.78, 5) is 35.7. The molecule has 0 aliphatic carbocycles. The Balaban J connectivity index is 1.38. The van der Waals surface area contributed by atoms with Crippen molar-refractivity contribution in [1.29, 1.82) is 0 Å². The van der Waals surface area contributed by atoms with E-state index >= 15 is 0 Å². The maximum Gasteiger partial charge on any atom is 0.269 e. The SMILES string of the molecule is O=C(CSc1cn(CCNC(=O)c2c(F)cccc2F)c2ccccc12)Nc1ccc([N+](=O)[O-])cc1. The molecule has 0 bridgehead atoms. The van der Waals surface area contributed by atoms with Crippen molar-refractivity contribution in [3.63, 3.8) is 0 Å². The predicted octanol–water partition coefficient (Wildman–Crippen LogP) is 4.99. The average Bonchev–Trinajstić information content (AvgIpc) is 3.21. The number of carbonyl (C=O) groups excluding carboxylic acids is 2. The van der Waals surface area contributed by atoms with Crippen LogP contribution in [0.4, 0.5) is 20.2 Å². The second kappa shape index (κ2) is 11.0. The molecule has 0 spiro atoms. The van der Waals surface area contributed by atoms with Crippen molar-refractivity contribution in [2.45, 2.75) is 11.4 Å². The third-order valence-corrected chi connectivity index (χ3v) is 6.34. The fraction of sp³-hybridized carbons (Fsp3) is 0.120. The summed E-state index contributed by atoms with van der Waals surface area (Å²) < 4.78 is 29.6. The smallest absolute Gasteiger partial charge is 0.269 e. The van der Waals surface area contributed by atoms with Crippen LogP contribution in [0.3, 0.4) is 0 Å². The van der Waals surface area contributed by atoms with Gasteiger partial charge in [0.05, 0.1) is 10.7 Å². The third kappa shape index (κ3) is 5.69. The highest BCUT2D eigenvalue weighted by atomic mass is 32.2. The summed E-state index contributed by atoms with van der Waals surface area (Å²) >= 11 is 1.32. The Morgan fingerprint density at radius 2 is 1.67 bits per heavy atom. The summed E-state index contributed by atoms with van der Waals surface area (Å²) in [7, 11) is 0. The van der Waals surface area contributed by atoms with Gasteiger partial charge in [-0.25, -0.2) is 8.78 Å². The van der Waals surface area contributed by atoms with Gasteiger partial charge in [0.15, 0.2) is 0 Å². The lowest BCUT2D eigenvalue weighted by molar-refractivity contribution is -0.384. The van der Waals surface area contributed by atoms with Crippen molar-refractivity contribution in [2.24, 2.45) is 0 Å². The number of rotatable bonds is 9. The highest BCUT2D eigenvalue weighted by Gasteiger charge is 2.17. The topological polar surface area (TPSA) is 106 Å². The van der Waals surface area contributed by atoms with Crippen molar-refractivity contribution in [1.82, 2.24) is 9.88 Å². The number of nitrogens with zero attached hydrogens (tertiary/aromatic N) is 2. The number of aromatic nitrogens is 1. The van der Waals surface area contributed by atoms with Crippen LogP contribution < -0.4 is 10.6 Å². The molecule has 0 saturated heterocycles. The molecule has 0 aliphatic rings. The number of amides is 2. The normalized spacial score (nSPS) is 10.8. The van der Waals surface area contributed by atoms with Gasteiger partial charge in [0.1, 0.15) is 17.2 Å². The first-order valence-corrected chi connectivity index (χ1v) is 11.8. The number of hydrogen-bond donors (Lipinski definition) is 2. The van der Waals surface area contributed by atoms with Gasteiger partial charge in [0.2, 0.25) is 5.91 Å². The van der Waals surface area contributed by atoms with Gasteiger partial charge in [-0.3, -0.25) is 19.7 Å². The summed E-state index contributed by atoms with van der Waals surface area (Å²) in [6.07, 6.45) is 1.85. The molecule has 0 radical (unpaired) electrons. The number of non-ortho nitro benzene ring substituents is 1. The first kappa shape index (κ1) is 24.9. The molecule has 0 saturated carbocycles. The van der Waals surface area contributed by atoms with E-state index < -0.39 is 28.0 Å². The Hall–Kier alpha value is -4.25. The van der Waals surface area contributed by atoms with Crippen LogP contribution in [0.25, 0.3) is 10.9 Å². The largest absolute Gasteiger partial charge is 0.350 e. The summed E-state index contributed by atoms with van der Waals surface area (Å²) in [5.74, 6) is -2.85. The summed E-state index contributed by atoms with van der Waals surface area (Å²) in [6.45, 7) is 0.480. The molecule has 2 amide bonds. The molecular weight excluding hydrogens is 490 g/mol. The number of nitrogens with one attached hydrogen (secondary N) is 2. The molecule has 8 nitrogen and oxygen atoms in total. The molecule has 2 N–H and O–H groups in total. The van der Waals surface area contributed by atoms with E-state index in [0.29, 0.717) is 12.2 Å². The minimum absolute atomic E-state index is 0.0644. The van der Waals surface area contributed by atoms with E-state index in [1.165, 1.54) is 42.1 Å². The van der Waals surface area contributed by atoms with Crippen LogP contribution in [0.1, 0.15) is 10.4 Å². The van der Waals surface area contributed by atoms with E-state index in [2.05, 4.69) is 10.6 Å². The van der Waals surface area contributed by atoms with Gasteiger partial charge in [-0.1, -0.05) is 24.3 Å². The van der Waals surface area contributed by atoms with Crippen LogP contribution in [-0.4, -0.2) is 33.6 Å².